The summed E-state index contributed by atoms with van der Waals surface area (Å²) < 4.78 is 6.35. The topological polar surface area (TPSA) is 29.3 Å². The van der Waals surface area contributed by atoms with Crippen LogP contribution in [0.4, 0.5) is 5.69 Å². The number of nitrogens with zero attached hydrogens (tertiary/aromatic N) is 2. The van der Waals surface area contributed by atoms with E-state index >= 15 is 0 Å². The summed E-state index contributed by atoms with van der Waals surface area (Å²) >= 11 is 0. The minimum absolute atomic E-state index is 0.0315. The van der Waals surface area contributed by atoms with Gasteiger partial charge in [0.05, 0.1) is 11.2 Å². The Morgan fingerprint density at radius 3 is 2.61 bits per heavy atom. The molecule has 0 spiro atoms. The first-order valence-corrected chi connectivity index (χ1v) is 10.1. The molecule has 3 heteroatoms. The highest BCUT2D eigenvalue weighted by molar-refractivity contribution is 6.08. The highest BCUT2D eigenvalue weighted by Crippen LogP contribution is 2.62. The number of aryl methyl sites for hydroxylation is 1. The molecule has 1 fully saturated rings. The number of benzene rings is 2. The molecule has 2 aromatic heterocycles. The molecule has 3 atom stereocenters. The van der Waals surface area contributed by atoms with E-state index in [1.165, 1.54) is 22.4 Å². The van der Waals surface area contributed by atoms with Crippen molar-refractivity contribution in [2.45, 2.75) is 51.1 Å². The molecule has 0 saturated carbocycles. The molecule has 0 radical (unpaired) electrons. The summed E-state index contributed by atoms with van der Waals surface area (Å²) in [5.41, 5.74) is 7.25. The molecule has 1 saturated heterocycles. The van der Waals surface area contributed by atoms with Crippen LogP contribution in [0.5, 0.6) is 0 Å². The summed E-state index contributed by atoms with van der Waals surface area (Å²) in [6.07, 6.45) is 2.94. The van der Waals surface area contributed by atoms with E-state index < -0.39 is 0 Å². The Balaban J connectivity index is 1.68. The minimum atomic E-state index is -0.0315. The monoisotopic (exact) mass is 368 g/mol. The maximum absolute atomic E-state index is 6.35. The Kier molecular flexibility index (Phi) is 2.87. The van der Waals surface area contributed by atoms with Crippen molar-refractivity contribution in [2.75, 3.05) is 4.90 Å². The van der Waals surface area contributed by atoms with Crippen LogP contribution in [-0.2, 0) is 11.0 Å². The van der Waals surface area contributed by atoms with Crippen molar-refractivity contribution < 1.29 is 4.42 Å². The van der Waals surface area contributed by atoms with Gasteiger partial charge in [-0.05, 0) is 56.0 Å². The van der Waals surface area contributed by atoms with Crippen LogP contribution in [-0.4, -0.2) is 11.0 Å². The van der Waals surface area contributed by atoms with Gasteiger partial charge < -0.3 is 9.32 Å². The van der Waals surface area contributed by atoms with Crippen molar-refractivity contribution in [2.24, 2.45) is 0 Å². The smallest absolute Gasteiger partial charge is 0.227 e. The second-order valence-electron chi connectivity index (χ2n) is 9.03. The van der Waals surface area contributed by atoms with Gasteiger partial charge in [-0.3, -0.25) is 0 Å². The van der Waals surface area contributed by atoms with E-state index in [9.17, 15) is 0 Å². The van der Waals surface area contributed by atoms with Gasteiger partial charge in [-0.15, -0.1) is 0 Å². The maximum atomic E-state index is 6.35. The largest absolute Gasteiger partial charge is 0.436 e. The highest BCUT2D eigenvalue weighted by atomic mass is 16.3. The van der Waals surface area contributed by atoms with Gasteiger partial charge in [0.25, 0.3) is 0 Å². The average molecular weight is 368 g/mol. The van der Waals surface area contributed by atoms with E-state index in [-0.39, 0.29) is 11.0 Å². The summed E-state index contributed by atoms with van der Waals surface area (Å²) in [5, 5.41) is 2.24. The molecule has 28 heavy (non-hydrogen) atoms. The predicted molar refractivity (Wildman–Crippen MR) is 114 cm³/mol. The lowest BCUT2D eigenvalue weighted by molar-refractivity contribution is 0.449. The van der Waals surface area contributed by atoms with Crippen molar-refractivity contribution in [1.82, 2.24) is 4.98 Å². The molecular formula is C25H24N2O. The van der Waals surface area contributed by atoms with Crippen LogP contribution < -0.4 is 4.90 Å². The second kappa shape index (κ2) is 4.96. The van der Waals surface area contributed by atoms with Gasteiger partial charge in [0.2, 0.25) is 5.71 Å². The summed E-state index contributed by atoms with van der Waals surface area (Å²) in [7, 11) is 0. The van der Waals surface area contributed by atoms with Crippen molar-refractivity contribution in [3.05, 3.63) is 71.4 Å². The standard InChI is InChI=1S/C25H24N2O/c1-15-11-12-17-18-8-7-13-26-23(18)28-22(17)21(15)27-16(2)24(3)14-25(27,4)20-10-6-5-9-19(20)24/h5-13,16H,14H2,1-4H3. The highest BCUT2D eigenvalue weighted by Gasteiger charge is 2.62. The van der Waals surface area contributed by atoms with Crippen LogP contribution in [0, 0.1) is 6.92 Å². The minimum Gasteiger partial charge on any atom is -0.436 e. The van der Waals surface area contributed by atoms with Crippen LogP contribution >= 0.6 is 0 Å². The predicted octanol–water partition coefficient (Wildman–Crippen LogP) is 6.07. The number of hydrogen-bond acceptors (Lipinski definition) is 3. The van der Waals surface area contributed by atoms with E-state index in [0.29, 0.717) is 6.04 Å². The van der Waals surface area contributed by atoms with E-state index in [4.69, 9.17) is 4.42 Å². The third-order valence-electron chi connectivity index (χ3n) is 7.51. The van der Waals surface area contributed by atoms with Gasteiger partial charge in [-0.25, -0.2) is 4.98 Å². The molecule has 1 aliphatic carbocycles. The SMILES string of the molecule is Cc1ccc2c(oc3ncccc32)c1N1C(C)C2(C)CC1(C)c1ccccc12. The molecule has 0 amide bonds. The Morgan fingerprint density at radius 2 is 1.79 bits per heavy atom. The summed E-state index contributed by atoms with van der Waals surface area (Å²) in [6.45, 7) is 9.41. The van der Waals surface area contributed by atoms with E-state index in [2.05, 4.69) is 80.0 Å². The first-order valence-electron chi connectivity index (χ1n) is 10.1. The van der Waals surface area contributed by atoms with Gasteiger partial charge in [0.15, 0.2) is 5.58 Å². The van der Waals surface area contributed by atoms with Gasteiger partial charge in [0, 0.05) is 28.4 Å². The van der Waals surface area contributed by atoms with Gasteiger partial charge >= 0.3 is 0 Å². The third kappa shape index (κ3) is 1.69. The molecule has 3 nitrogen and oxygen atoms in total. The number of pyridine rings is 1. The molecule has 2 bridgehead atoms. The number of hydrogen-bond donors (Lipinski definition) is 0. The van der Waals surface area contributed by atoms with Gasteiger partial charge in [-0.1, -0.05) is 43.3 Å². The Labute approximate surface area is 165 Å². The van der Waals surface area contributed by atoms with Crippen LogP contribution in [0.2, 0.25) is 0 Å². The molecule has 4 aromatic rings. The maximum Gasteiger partial charge on any atom is 0.227 e. The fourth-order valence-electron chi connectivity index (χ4n) is 6.15. The molecule has 140 valence electrons. The molecule has 3 heterocycles. The summed E-state index contributed by atoms with van der Waals surface area (Å²) in [5.74, 6) is 0. The van der Waals surface area contributed by atoms with Crippen LogP contribution in [0.3, 0.4) is 0 Å². The Morgan fingerprint density at radius 1 is 1.00 bits per heavy atom. The molecule has 2 aliphatic rings. The molecule has 1 aliphatic heterocycles. The van der Waals surface area contributed by atoms with Crippen molar-refractivity contribution in [1.29, 1.82) is 0 Å². The zero-order valence-corrected chi connectivity index (χ0v) is 16.8. The summed E-state index contributed by atoms with van der Waals surface area (Å²) in [4.78, 5) is 7.10. The Hall–Kier alpha value is -2.81. The first-order chi connectivity index (χ1) is 13.4. The lowest BCUT2D eigenvalue weighted by Crippen LogP contribution is -2.49. The Bertz CT molecular complexity index is 1270. The van der Waals surface area contributed by atoms with Crippen molar-refractivity contribution in [3.8, 4) is 0 Å². The molecule has 0 N–H and O–H groups in total. The number of aromatic nitrogens is 1. The second-order valence-corrected chi connectivity index (χ2v) is 9.03. The first kappa shape index (κ1) is 16.2. The summed E-state index contributed by atoms with van der Waals surface area (Å²) in [6, 6.07) is 17.9. The number of anilines is 1. The zero-order chi connectivity index (χ0) is 19.3. The van der Waals surface area contributed by atoms with Gasteiger partial charge in [0.1, 0.15) is 0 Å². The molecular weight excluding hydrogens is 344 g/mol. The van der Waals surface area contributed by atoms with E-state index in [1.54, 1.807) is 6.20 Å². The average Bonchev–Trinajstić information content (AvgIpc) is 3.25. The molecule has 2 aromatic carbocycles. The lowest BCUT2D eigenvalue weighted by atomic mass is 9.78. The zero-order valence-electron chi connectivity index (χ0n) is 16.8. The van der Waals surface area contributed by atoms with E-state index in [1.807, 2.05) is 6.07 Å². The van der Waals surface area contributed by atoms with E-state index in [0.717, 1.165) is 28.5 Å². The number of furan rings is 1. The van der Waals surface area contributed by atoms with Crippen LogP contribution in [0.1, 0.15) is 43.9 Å². The third-order valence-corrected chi connectivity index (χ3v) is 7.51. The van der Waals surface area contributed by atoms with Gasteiger partial charge in [-0.2, -0.15) is 0 Å². The quantitative estimate of drug-likeness (QED) is 0.408. The number of fused-ring (bicyclic) bond motifs is 8. The fraction of sp³-hybridized carbons (Fsp3) is 0.320. The lowest BCUT2D eigenvalue weighted by Gasteiger charge is -2.45. The normalized spacial score (nSPS) is 28.4. The fourth-order valence-corrected chi connectivity index (χ4v) is 6.15. The van der Waals surface area contributed by atoms with Crippen LogP contribution in [0.25, 0.3) is 22.1 Å². The number of rotatable bonds is 1. The van der Waals surface area contributed by atoms with Crippen molar-refractivity contribution in [3.63, 3.8) is 0 Å². The molecule has 3 unspecified atom stereocenters. The van der Waals surface area contributed by atoms with Crippen molar-refractivity contribution >= 4 is 27.8 Å². The van der Waals surface area contributed by atoms with Crippen LogP contribution in [0.15, 0.2) is 59.1 Å². The molecule has 6 rings (SSSR count).